The molecule has 1 rings (SSSR count). The predicted molar refractivity (Wildman–Crippen MR) is 41.9 cm³/mol. The predicted octanol–water partition coefficient (Wildman–Crippen LogP) is 0.677. The van der Waals surface area contributed by atoms with Crippen molar-refractivity contribution in [1.29, 1.82) is 0 Å². The molecule has 0 aromatic carbocycles. The van der Waals surface area contributed by atoms with Gasteiger partial charge in [-0.25, -0.2) is 0 Å². The maximum atomic E-state index is 8.87. The summed E-state index contributed by atoms with van der Waals surface area (Å²) in [5.74, 6) is 0. The van der Waals surface area contributed by atoms with Gasteiger partial charge in [0, 0.05) is 5.54 Å². The molecule has 0 aromatic rings. The lowest BCUT2D eigenvalue weighted by Crippen LogP contribution is -2.35. The molecule has 0 radical (unpaired) electrons. The first-order valence-corrected chi connectivity index (χ1v) is 3.80. The van der Waals surface area contributed by atoms with Crippen molar-refractivity contribution in [2.24, 2.45) is 0 Å². The van der Waals surface area contributed by atoms with Gasteiger partial charge < -0.3 is 10.4 Å². The normalized spacial score (nSPS) is 20.5. The Bertz CT molecular complexity index is 118. The van der Waals surface area contributed by atoms with Crippen molar-refractivity contribution >= 4 is 0 Å². The molecular weight excluding hydrogens is 126 g/mol. The Hall–Kier alpha value is -0.340. The van der Waals surface area contributed by atoms with E-state index in [9.17, 15) is 0 Å². The van der Waals surface area contributed by atoms with Crippen LogP contribution in [0.25, 0.3) is 0 Å². The molecule has 2 nitrogen and oxygen atoms in total. The van der Waals surface area contributed by atoms with E-state index in [2.05, 4.69) is 11.9 Å². The third kappa shape index (κ3) is 1.82. The standard InChI is InChI=1S/C8H15NO/c1-2-3-6-9-8(7-10)4-5-8/h2,9-10H,1,3-7H2. The summed E-state index contributed by atoms with van der Waals surface area (Å²) in [5.41, 5.74) is 0.100. The van der Waals surface area contributed by atoms with Gasteiger partial charge in [0.05, 0.1) is 6.61 Å². The van der Waals surface area contributed by atoms with Gasteiger partial charge in [-0.1, -0.05) is 6.08 Å². The molecular formula is C8H15NO. The second-order valence-corrected chi connectivity index (χ2v) is 2.94. The summed E-state index contributed by atoms with van der Waals surface area (Å²) in [6.45, 7) is 4.85. The average Bonchev–Trinajstić information content (AvgIpc) is 2.70. The Kier molecular flexibility index (Phi) is 2.46. The minimum Gasteiger partial charge on any atom is -0.394 e. The van der Waals surface area contributed by atoms with Crippen LogP contribution in [0.5, 0.6) is 0 Å². The van der Waals surface area contributed by atoms with Crippen LogP contribution in [0.1, 0.15) is 19.3 Å². The summed E-state index contributed by atoms with van der Waals surface area (Å²) in [6.07, 6.45) is 5.13. The molecule has 1 aliphatic carbocycles. The van der Waals surface area contributed by atoms with Crippen LogP contribution in [-0.4, -0.2) is 23.8 Å². The van der Waals surface area contributed by atoms with Gasteiger partial charge in [-0.2, -0.15) is 0 Å². The van der Waals surface area contributed by atoms with Gasteiger partial charge >= 0.3 is 0 Å². The highest BCUT2D eigenvalue weighted by molar-refractivity contribution is 5.01. The lowest BCUT2D eigenvalue weighted by molar-refractivity contribution is 0.231. The van der Waals surface area contributed by atoms with Crippen LogP contribution < -0.4 is 5.32 Å². The molecule has 0 spiro atoms. The van der Waals surface area contributed by atoms with E-state index >= 15 is 0 Å². The molecule has 0 amide bonds. The number of nitrogens with one attached hydrogen (secondary N) is 1. The monoisotopic (exact) mass is 141 g/mol. The largest absolute Gasteiger partial charge is 0.394 e. The first kappa shape index (κ1) is 7.76. The maximum Gasteiger partial charge on any atom is 0.0613 e. The van der Waals surface area contributed by atoms with Crippen molar-refractivity contribution in [1.82, 2.24) is 5.32 Å². The molecule has 0 saturated heterocycles. The second-order valence-electron chi connectivity index (χ2n) is 2.94. The molecule has 1 aliphatic rings. The third-order valence-corrected chi connectivity index (χ3v) is 2.00. The van der Waals surface area contributed by atoms with Gasteiger partial charge in [-0.3, -0.25) is 0 Å². The van der Waals surface area contributed by atoms with Crippen LogP contribution in [0.2, 0.25) is 0 Å². The summed E-state index contributed by atoms with van der Waals surface area (Å²) >= 11 is 0. The molecule has 0 aliphatic heterocycles. The molecule has 0 heterocycles. The quantitative estimate of drug-likeness (QED) is 0.436. The SMILES string of the molecule is C=CCCNC1(CO)CC1. The Morgan fingerprint density at radius 3 is 2.70 bits per heavy atom. The van der Waals surface area contributed by atoms with Gasteiger partial charge in [-0.05, 0) is 25.8 Å². The Balaban J connectivity index is 2.06. The van der Waals surface area contributed by atoms with Crippen LogP contribution in [0.15, 0.2) is 12.7 Å². The molecule has 0 aromatic heterocycles. The van der Waals surface area contributed by atoms with Crippen LogP contribution >= 0.6 is 0 Å². The van der Waals surface area contributed by atoms with E-state index in [4.69, 9.17) is 5.11 Å². The van der Waals surface area contributed by atoms with E-state index in [-0.39, 0.29) is 12.1 Å². The number of hydrogen-bond acceptors (Lipinski definition) is 2. The minimum atomic E-state index is 0.100. The van der Waals surface area contributed by atoms with Gasteiger partial charge in [0.15, 0.2) is 0 Å². The van der Waals surface area contributed by atoms with E-state index in [0.29, 0.717) is 0 Å². The molecule has 10 heavy (non-hydrogen) atoms. The van der Waals surface area contributed by atoms with Crippen LogP contribution in [0, 0.1) is 0 Å². The van der Waals surface area contributed by atoms with Crippen molar-refractivity contribution in [2.75, 3.05) is 13.2 Å². The first-order chi connectivity index (χ1) is 4.83. The highest BCUT2D eigenvalue weighted by atomic mass is 16.3. The minimum absolute atomic E-state index is 0.100. The fourth-order valence-corrected chi connectivity index (χ4v) is 0.981. The fourth-order valence-electron chi connectivity index (χ4n) is 0.981. The lowest BCUT2D eigenvalue weighted by Gasteiger charge is -2.12. The van der Waals surface area contributed by atoms with Crippen molar-refractivity contribution in [3.8, 4) is 0 Å². The first-order valence-electron chi connectivity index (χ1n) is 3.80. The number of rotatable bonds is 5. The van der Waals surface area contributed by atoms with Gasteiger partial charge in [-0.15, -0.1) is 6.58 Å². The summed E-state index contributed by atoms with van der Waals surface area (Å²) in [6, 6.07) is 0. The van der Waals surface area contributed by atoms with Crippen molar-refractivity contribution in [3.63, 3.8) is 0 Å². The Labute approximate surface area is 61.9 Å². The van der Waals surface area contributed by atoms with E-state index in [1.807, 2.05) is 6.08 Å². The zero-order chi connectivity index (χ0) is 7.45. The summed E-state index contributed by atoms with van der Waals surface area (Å²) in [7, 11) is 0. The van der Waals surface area contributed by atoms with E-state index in [1.165, 1.54) is 0 Å². The second kappa shape index (κ2) is 3.17. The number of aliphatic hydroxyl groups excluding tert-OH is 1. The molecule has 58 valence electrons. The average molecular weight is 141 g/mol. The Morgan fingerprint density at radius 1 is 1.60 bits per heavy atom. The summed E-state index contributed by atoms with van der Waals surface area (Å²) in [5, 5.41) is 12.2. The Morgan fingerprint density at radius 2 is 2.30 bits per heavy atom. The number of hydrogen-bond donors (Lipinski definition) is 2. The molecule has 1 saturated carbocycles. The van der Waals surface area contributed by atoms with E-state index in [1.54, 1.807) is 0 Å². The van der Waals surface area contributed by atoms with E-state index < -0.39 is 0 Å². The van der Waals surface area contributed by atoms with Gasteiger partial charge in [0.1, 0.15) is 0 Å². The summed E-state index contributed by atoms with van der Waals surface area (Å²) < 4.78 is 0. The van der Waals surface area contributed by atoms with Crippen LogP contribution in [0.3, 0.4) is 0 Å². The van der Waals surface area contributed by atoms with Crippen molar-refractivity contribution < 1.29 is 5.11 Å². The molecule has 0 unspecified atom stereocenters. The molecule has 0 atom stereocenters. The highest BCUT2D eigenvalue weighted by Gasteiger charge is 2.40. The van der Waals surface area contributed by atoms with Crippen molar-refractivity contribution in [2.45, 2.75) is 24.8 Å². The molecule has 1 fully saturated rings. The molecule has 2 heteroatoms. The van der Waals surface area contributed by atoms with Crippen LogP contribution in [-0.2, 0) is 0 Å². The highest BCUT2D eigenvalue weighted by Crippen LogP contribution is 2.34. The fraction of sp³-hybridized carbons (Fsp3) is 0.750. The van der Waals surface area contributed by atoms with Gasteiger partial charge in [0.2, 0.25) is 0 Å². The zero-order valence-electron chi connectivity index (χ0n) is 6.27. The zero-order valence-corrected chi connectivity index (χ0v) is 6.27. The third-order valence-electron chi connectivity index (χ3n) is 2.00. The maximum absolute atomic E-state index is 8.87. The summed E-state index contributed by atoms with van der Waals surface area (Å²) in [4.78, 5) is 0. The van der Waals surface area contributed by atoms with Gasteiger partial charge in [0.25, 0.3) is 0 Å². The topological polar surface area (TPSA) is 32.3 Å². The van der Waals surface area contributed by atoms with Crippen molar-refractivity contribution in [3.05, 3.63) is 12.7 Å². The number of aliphatic hydroxyl groups is 1. The molecule has 2 N–H and O–H groups in total. The van der Waals surface area contributed by atoms with E-state index in [0.717, 1.165) is 25.8 Å². The molecule has 0 bridgehead atoms. The lowest BCUT2D eigenvalue weighted by atomic mass is 10.3. The smallest absolute Gasteiger partial charge is 0.0613 e. The van der Waals surface area contributed by atoms with Crippen LogP contribution in [0.4, 0.5) is 0 Å².